The van der Waals surface area contributed by atoms with E-state index in [9.17, 15) is 19.4 Å². The van der Waals surface area contributed by atoms with Crippen molar-refractivity contribution in [2.75, 3.05) is 40.9 Å². The first-order chi connectivity index (χ1) is 26.0. The topological polar surface area (TPSA) is 105 Å². The molecule has 0 heterocycles. The maximum atomic E-state index is 12.7. The second kappa shape index (κ2) is 36.6. The molecule has 0 aromatic heterocycles. The zero-order valence-corrected chi connectivity index (χ0v) is 36.1. The second-order valence-corrected chi connectivity index (χ2v) is 16.8. The predicted molar refractivity (Wildman–Crippen MR) is 230 cm³/mol. The van der Waals surface area contributed by atoms with E-state index in [4.69, 9.17) is 9.05 Å². The molecule has 3 N–H and O–H groups in total. The fourth-order valence-electron chi connectivity index (χ4n) is 5.54. The summed E-state index contributed by atoms with van der Waals surface area (Å²) in [5.41, 5.74) is 0. The van der Waals surface area contributed by atoms with E-state index in [1.807, 2.05) is 34.1 Å². The summed E-state index contributed by atoms with van der Waals surface area (Å²) in [6.07, 6.45) is 49.3. The van der Waals surface area contributed by atoms with Crippen LogP contribution in [0, 0.1) is 0 Å². The van der Waals surface area contributed by atoms with Gasteiger partial charge in [-0.2, -0.15) is 0 Å². The number of phosphoric ester groups is 1. The van der Waals surface area contributed by atoms with Gasteiger partial charge in [0.15, 0.2) is 0 Å². The van der Waals surface area contributed by atoms with Gasteiger partial charge in [-0.15, -0.1) is 0 Å². The molecule has 54 heavy (non-hydrogen) atoms. The molecular formula is C45H82N2O6P+. The van der Waals surface area contributed by atoms with E-state index in [0.717, 1.165) is 64.2 Å². The minimum absolute atomic E-state index is 0.0567. The van der Waals surface area contributed by atoms with Crippen molar-refractivity contribution in [1.82, 2.24) is 5.32 Å². The number of unbranched alkanes of at least 4 members (excludes halogenated alkanes) is 14. The van der Waals surface area contributed by atoms with Crippen LogP contribution < -0.4 is 5.32 Å². The number of aliphatic hydroxyl groups excluding tert-OH is 1. The molecule has 0 saturated heterocycles. The number of nitrogens with one attached hydrogen (secondary N) is 1. The van der Waals surface area contributed by atoms with Crippen LogP contribution in [0.1, 0.15) is 155 Å². The zero-order chi connectivity index (χ0) is 40.0. The van der Waals surface area contributed by atoms with Crippen LogP contribution >= 0.6 is 7.82 Å². The van der Waals surface area contributed by atoms with Crippen LogP contribution in [0.15, 0.2) is 72.9 Å². The third-order valence-corrected chi connectivity index (χ3v) is 9.90. The molecule has 0 fully saturated rings. The number of quaternary nitrogens is 1. The molecule has 1 amide bonds. The molecule has 0 aliphatic rings. The highest BCUT2D eigenvalue weighted by Crippen LogP contribution is 2.43. The Hall–Kier alpha value is -2.06. The number of likely N-dealkylation sites (N-methyl/N-ethyl adjacent to an activating group) is 1. The van der Waals surface area contributed by atoms with E-state index in [2.05, 4.69) is 73.0 Å². The monoisotopic (exact) mass is 778 g/mol. The van der Waals surface area contributed by atoms with Gasteiger partial charge in [0.1, 0.15) is 13.2 Å². The number of carbonyl (C=O) groups excluding carboxylic acids is 1. The first kappa shape index (κ1) is 51.9. The number of amides is 1. The number of aliphatic hydroxyl groups is 1. The summed E-state index contributed by atoms with van der Waals surface area (Å²) >= 11 is 0. The van der Waals surface area contributed by atoms with Crippen LogP contribution in [0.2, 0.25) is 0 Å². The van der Waals surface area contributed by atoms with Crippen LogP contribution in [0.4, 0.5) is 0 Å². The van der Waals surface area contributed by atoms with Gasteiger partial charge in [0.05, 0.1) is 39.9 Å². The summed E-state index contributed by atoms with van der Waals surface area (Å²) in [4.78, 5) is 22.8. The van der Waals surface area contributed by atoms with Crippen molar-refractivity contribution in [1.29, 1.82) is 0 Å². The lowest BCUT2D eigenvalue weighted by molar-refractivity contribution is -0.870. The van der Waals surface area contributed by atoms with E-state index in [1.165, 1.54) is 70.6 Å². The number of phosphoric acid groups is 1. The third kappa shape index (κ3) is 38.2. The fraction of sp³-hybridized carbons (Fsp3) is 0.711. The average Bonchev–Trinajstić information content (AvgIpc) is 3.12. The molecule has 8 nitrogen and oxygen atoms in total. The largest absolute Gasteiger partial charge is 0.472 e. The number of nitrogens with zero attached hydrogens (tertiary/aromatic N) is 1. The number of hydrogen-bond acceptors (Lipinski definition) is 5. The summed E-state index contributed by atoms with van der Waals surface area (Å²) in [6.45, 7) is 4.46. The summed E-state index contributed by atoms with van der Waals surface area (Å²) in [5, 5.41) is 13.4. The van der Waals surface area contributed by atoms with Crippen LogP contribution in [0.3, 0.4) is 0 Å². The Kier molecular flexibility index (Phi) is 35.2. The Morgan fingerprint density at radius 2 is 1.11 bits per heavy atom. The summed E-state index contributed by atoms with van der Waals surface area (Å²) in [7, 11) is 1.55. The van der Waals surface area contributed by atoms with Crippen LogP contribution in [-0.2, 0) is 18.4 Å². The van der Waals surface area contributed by atoms with E-state index in [-0.39, 0.29) is 19.1 Å². The zero-order valence-electron chi connectivity index (χ0n) is 35.2. The van der Waals surface area contributed by atoms with Crippen LogP contribution in [0.5, 0.6) is 0 Å². The molecule has 0 radical (unpaired) electrons. The van der Waals surface area contributed by atoms with E-state index >= 15 is 0 Å². The van der Waals surface area contributed by atoms with E-state index in [1.54, 1.807) is 6.08 Å². The van der Waals surface area contributed by atoms with Gasteiger partial charge >= 0.3 is 7.82 Å². The SMILES string of the molecule is CC/C=C\C/C=C\C/C=C\C/C=C\C/C=C\CCCCCCCCCCCCCCCC(=O)NC(COP(=O)(O)OCC[N+](C)(C)C)C(O)/C=C/CCC. The lowest BCUT2D eigenvalue weighted by Crippen LogP contribution is -2.45. The number of allylic oxidation sites excluding steroid dienone is 11. The molecule has 0 spiro atoms. The van der Waals surface area contributed by atoms with Crippen molar-refractivity contribution in [2.45, 2.75) is 167 Å². The highest BCUT2D eigenvalue weighted by molar-refractivity contribution is 7.47. The van der Waals surface area contributed by atoms with Crippen molar-refractivity contribution in [3.05, 3.63) is 72.9 Å². The fourth-order valence-corrected chi connectivity index (χ4v) is 6.28. The molecule has 0 rings (SSSR count). The molecule has 0 saturated carbocycles. The quantitative estimate of drug-likeness (QED) is 0.0251. The van der Waals surface area contributed by atoms with Crippen molar-refractivity contribution < 1.29 is 32.9 Å². The molecule has 3 atom stereocenters. The molecule has 3 unspecified atom stereocenters. The Labute approximate surface area is 332 Å². The first-order valence-corrected chi connectivity index (χ1v) is 22.8. The summed E-state index contributed by atoms with van der Waals surface area (Å²) in [6, 6.07) is -0.845. The summed E-state index contributed by atoms with van der Waals surface area (Å²) in [5.74, 6) is -0.195. The van der Waals surface area contributed by atoms with Crippen molar-refractivity contribution in [3.8, 4) is 0 Å². The van der Waals surface area contributed by atoms with Crippen molar-refractivity contribution >= 4 is 13.7 Å². The number of hydrogen-bond donors (Lipinski definition) is 3. The molecule has 9 heteroatoms. The smallest absolute Gasteiger partial charge is 0.387 e. The van der Waals surface area contributed by atoms with Gasteiger partial charge in [-0.3, -0.25) is 13.8 Å². The lowest BCUT2D eigenvalue weighted by atomic mass is 10.0. The minimum Gasteiger partial charge on any atom is -0.387 e. The highest BCUT2D eigenvalue weighted by Gasteiger charge is 2.27. The number of carbonyl (C=O) groups is 1. The molecule has 312 valence electrons. The Morgan fingerprint density at radius 3 is 1.59 bits per heavy atom. The Bertz CT molecular complexity index is 1110. The average molecular weight is 778 g/mol. The van der Waals surface area contributed by atoms with Crippen LogP contribution in [-0.4, -0.2) is 73.4 Å². The first-order valence-electron chi connectivity index (χ1n) is 21.3. The Balaban J connectivity index is 3.88. The lowest BCUT2D eigenvalue weighted by Gasteiger charge is -2.25. The molecule has 0 aromatic rings. The van der Waals surface area contributed by atoms with E-state index in [0.29, 0.717) is 17.4 Å². The van der Waals surface area contributed by atoms with E-state index < -0.39 is 20.0 Å². The molecule has 0 aliphatic carbocycles. The van der Waals surface area contributed by atoms with Crippen molar-refractivity contribution in [2.24, 2.45) is 0 Å². The minimum atomic E-state index is -4.31. The molecule has 0 bridgehead atoms. The third-order valence-electron chi connectivity index (χ3n) is 8.91. The predicted octanol–water partition coefficient (Wildman–Crippen LogP) is 11.6. The maximum Gasteiger partial charge on any atom is 0.472 e. The van der Waals surface area contributed by atoms with Gasteiger partial charge in [0.2, 0.25) is 5.91 Å². The highest BCUT2D eigenvalue weighted by atomic mass is 31.2. The van der Waals surface area contributed by atoms with Gasteiger partial charge in [-0.25, -0.2) is 4.57 Å². The van der Waals surface area contributed by atoms with Gasteiger partial charge in [-0.05, 0) is 57.8 Å². The summed E-state index contributed by atoms with van der Waals surface area (Å²) < 4.78 is 23.2. The van der Waals surface area contributed by atoms with Gasteiger partial charge in [0.25, 0.3) is 0 Å². The van der Waals surface area contributed by atoms with Gasteiger partial charge < -0.3 is 19.8 Å². The maximum absolute atomic E-state index is 12.7. The van der Waals surface area contributed by atoms with Gasteiger partial charge in [0, 0.05) is 6.42 Å². The molecular weight excluding hydrogens is 695 g/mol. The Morgan fingerprint density at radius 1 is 0.648 bits per heavy atom. The van der Waals surface area contributed by atoms with Crippen LogP contribution in [0.25, 0.3) is 0 Å². The van der Waals surface area contributed by atoms with Crippen molar-refractivity contribution in [3.63, 3.8) is 0 Å². The standard InChI is InChI=1S/C45H81N2O6P/c1-6-8-10-11-12-13-14-15-16-17-18-19-20-21-22-23-24-25-26-27-28-29-30-31-32-33-34-35-37-39-45(49)46-43(44(48)38-36-9-7-2)42-53-54(50,51)52-41-40-47(3,4)5/h8,10,12-13,15-16,18-19,21-22,36,38,43-44,48H,6-7,9,11,14,17,20,23-35,37,39-42H2,1-5H3,(H-,46,49,50,51)/p+1/b10-8-,13-12-,16-15-,19-18-,22-21-,38-36+. The molecule has 0 aliphatic heterocycles. The molecule has 0 aromatic carbocycles. The number of rotatable bonds is 37. The second-order valence-electron chi connectivity index (χ2n) is 15.3. The normalized spacial score (nSPS) is 15.2. The van der Waals surface area contributed by atoms with Gasteiger partial charge in [-0.1, -0.05) is 164 Å².